The van der Waals surface area contributed by atoms with Crippen molar-refractivity contribution in [1.29, 1.82) is 0 Å². The lowest BCUT2D eigenvalue weighted by Crippen LogP contribution is -2.29. The lowest BCUT2D eigenvalue weighted by Gasteiger charge is -2.13. The molecule has 1 aromatic heterocycles. The summed E-state index contributed by atoms with van der Waals surface area (Å²) >= 11 is 0. The number of nitrogens with two attached hydrogens (primary N) is 1. The molecular formula is C13H16N6. The zero-order chi connectivity index (χ0) is 13.1. The fraction of sp³-hybridized carbons (Fsp3) is 0.308. The van der Waals surface area contributed by atoms with Crippen LogP contribution in [0.3, 0.4) is 0 Å². The smallest absolute Gasteiger partial charge is 0.263 e. The molecule has 3 rings (SSSR count). The standard InChI is InChI=1S/C13H16N6/c14-11(8-15-13-16-18-19-17-13)7-10-6-5-9-3-1-2-4-12(9)10/h1-4,6,11H,5,7-8,14H2,(H2,15,16,17,18,19)/t11-/m0/s1. The van der Waals surface area contributed by atoms with E-state index in [0.29, 0.717) is 12.5 Å². The molecule has 0 bridgehead atoms. The van der Waals surface area contributed by atoms with Crippen molar-refractivity contribution in [1.82, 2.24) is 20.6 Å². The molecule has 1 heterocycles. The molecule has 1 aliphatic rings. The van der Waals surface area contributed by atoms with E-state index in [1.54, 1.807) is 0 Å². The maximum Gasteiger partial charge on any atom is 0.263 e. The Kier molecular flexibility index (Phi) is 3.24. The van der Waals surface area contributed by atoms with E-state index in [0.717, 1.165) is 12.8 Å². The first-order valence-electron chi connectivity index (χ1n) is 6.33. The van der Waals surface area contributed by atoms with Gasteiger partial charge in [0.25, 0.3) is 5.95 Å². The number of allylic oxidation sites excluding steroid dienone is 1. The fourth-order valence-corrected chi connectivity index (χ4v) is 2.36. The van der Waals surface area contributed by atoms with Gasteiger partial charge in [0.05, 0.1) is 0 Å². The van der Waals surface area contributed by atoms with Gasteiger partial charge < -0.3 is 11.1 Å². The van der Waals surface area contributed by atoms with Crippen molar-refractivity contribution in [2.24, 2.45) is 5.73 Å². The van der Waals surface area contributed by atoms with E-state index >= 15 is 0 Å². The van der Waals surface area contributed by atoms with Gasteiger partial charge in [-0.1, -0.05) is 35.4 Å². The molecule has 0 saturated carbocycles. The topological polar surface area (TPSA) is 92.5 Å². The van der Waals surface area contributed by atoms with Crippen molar-refractivity contribution >= 4 is 11.5 Å². The van der Waals surface area contributed by atoms with E-state index in [2.05, 4.69) is 56.3 Å². The van der Waals surface area contributed by atoms with Crippen LogP contribution in [0.25, 0.3) is 5.57 Å². The van der Waals surface area contributed by atoms with Crippen LogP contribution in [-0.4, -0.2) is 33.2 Å². The van der Waals surface area contributed by atoms with Crippen LogP contribution in [0.4, 0.5) is 5.95 Å². The van der Waals surface area contributed by atoms with Crippen molar-refractivity contribution in [3.05, 3.63) is 41.5 Å². The summed E-state index contributed by atoms with van der Waals surface area (Å²) in [4.78, 5) is 0. The molecule has 0 aliphatic heterocycles. The molecule has 0 amide bonds. The predicted octanol–water partition coefficient (Wildman–Crippen LogP) is 0.969. The largest absolute Gasteiger partial charge is 0.350 e. The third kappa shape index (κ3) is 2.63. The minimum atomic E-state index is 0.0240. The van der Waals surface area contributed by atoms with E-state index in [4.69, 9.17) is 5.73 Å². The van der Waals surface area contributed by atoms with E-state index in [1.807, 2.05) is 0 Å². The van der Waals surface area contributed by atoms with Crippen molar-refractivity contribution < 1.29 is 0 Å². The highest BCUT2D eigenvalue weighted by atomic mass is 15.5. The summed E-state index contributed by atoms with van der Waals surface area (Å²) in [6.45, 7) is 0.624. The average molecular weight is 256 g/mol. The molecule has 0 radical (unpaired) electrons. The third-order valence-corrected chi connectivity index (χ3v) is 3.28. The monoisotopic (exact) mass is 256 g/mol. The third-order valence-electron chi connectivity index (χ3n) is 3.28. The van der Waals surface area contributed by atoms with Gasteiger partial charge in [0.1, 0.15) is 0 Å². The normalized spacial score (nSPS) is 14.9. The number of tetrazole rings is 1. The summed E-state index contributed by atoms with van der Waals surface area (Å²) in [6.07, 6.45) is 4.12. The van der Waals surface area contributed by atoms with Gasteiger partial charge >= 0.3 is 0 Å². The summed E-state index contributed by atoms with van der Waals surface area (Å²) in [5, 5.41) is 16.6. The number of aromatic nitrogens is 4. The number of nitrogens with one attached hydrogen (secondary N) is 2. The first kappa shape index (κ1) is 11.9. The van der Waals surface area contributed by atoms with Crippen LogP contribution < -0.4 is 11.1 Å². The molecule has 0 saturated heterocycles. The van der Waals surface area contributed by atoms with E-state index in [9.17, 15) is 0 Å². The minimum Gasteiger partial charge on any atom is -0.350 e. The second-order valence-corrected chi connectivity index (χ2v) is 4.67. The van der Waals surface area contributed by atoms with Crippen LogP contribution in [0.5, 0.6) is 0 Å². The number of hydrogen-bond acceptors (Lipinski definition) is 5. The molecule has 1 aliphatic carbocycles. The van der Waals surface area contributed by atoms with Crippen LogP contribution in [0.1, 0.15) is 17.5 Å². The van der Waals surface area contributed by atoms with Crippen molar-refractivity contribution in [3.63, 3.8) is 0 Å². The van der Waals surface area contributed by atoms with E-state index in [-0.39, 0.29) is 6.04 Å². The molecule has 19 heavy (non-hydrogen) atoms. The number of nitrogens with zero attached hydrogens (tertiary/aromatic N) is 3. The number of benzene rings is 1. The summed E-state index contributed by atoms with van der Waals surface area (Å²) in [7, 11) is 0. The van der Waals surface area contributed by atoms with Gasteiger partial charge in [0.15, 0.2) is 0 Å². The molecule has 0 unspecified atom stereocenters. The highest BCUT2D eigenvalue weighted by molar-refractivity contribution is 5.73. The van der Waals surface area contributed by atoms with E-state index < -0.39 is 0 Å². The van der Waals surface area contributed by atoms with Gasteiger partial charge in [-0.2, -0.15) is 5.21 Å². The Hall–Kier alpha value is -2.21. The van der Waals surface area contributed by atoms with Crippen molar-refractivity contribution in [3.8, 4) is 0 Å². The molecule has 0 spiro atoms. The van der Waals surface area contributed by atoms with Gasteiger partial charge in [-0.25, -0.2) is 0 Å². The summed E-state index contributed by atoms with van der Waals surface area (Å²) < 4.78 is 0. The average Bonchev–Trinajstić information content (AvgIpc) is 3.07. The van der Waals surface area contributed by atoms with Gasteiger partial charge in [-0.05, 0) is 34.8 Å². The first-order chi connectivity index (χ1) is 9.33. The van der Waals surface area contributed by atoms with Crippen molar-refractivity contribution in [2.45, 2.75) is 18.9 Å². The number of rotatable bonds is 5. The Balaban J connectivity index is 1.57. The molecule has 2 aromatic rings. The number of hydrogen-bond donors (Lipinski definition) is 3. The van der Waals surface area contributed by atoms with Crippen LogP contribution >= 0.6 is 0 Å². The summed E-state index contributed by atoms with van der Waals surface area (Å²) in [5.74, 6) is 0.483. The van der Waals surface area contributed by atoms with Crippen LogP contribution in [0, 0.1) is 0 Å². The fourth-order valence-electron chi connectivity index (χ4n) is 2.36. The molecule has 1 aromatic carbocycles. The Morgan fingerprint density at radius 1 is 1.37 bits per heavy atom. The van der Waals surface area contributed by atoms with Crippen molar-refractivity contribution in [2.75, 3.05) is 11.9 Å². The second kappa shape index (κ2) is 5.19. The molecule has 6 heteroatoms. The SMILES string of the molecule is N[C@H](CNc1nn[nH]n1)CC1=CCc2ccccc21. The van der Waals surface area contributed by atoms with Gasteiger partial charge in [0.2, 0.25) is 0 Å². The molecule has 98 valence electrons. The number of anilines is 1. The quantitative estimate of drug-likeness (QED) is 0.741. The maximum atomic E-state index is 6.14. The molecule has 1 atom stereocenters. The Morgan fingerprint density at radius 3 is 3.11 bits per heavy atom. The Bertz CT molecular complexity index is 575. The molecule has 4 N–H and O–H groups in total. The van der Waals surface area contributed by atoms with Gasteiger partial charge in [0, 0.05) is 12.6 Å². The number of aromatic amines is 1. The lowest BCUT2D eigenvalue weighted by molar-refractivity contribution is 0.720. The molecule has 0 fully saturated rings. The van der Waals surface area contributed by atoms with Crippen LogP contribution in [-0.2, 0) is 6.42 Å². The number of H-pyrrole nitrogens is 1. The maximum absolute atomic E-state index is 6.14. The Morgan fingerprint density at radius 2 is 2.26 bits per heavy atom. The highest BCUT2D eigenvalue weighted by Crippen LogP contribution is 2.29. The molecule has 6 nitrogen and oxygen atoms in total. The zero-order valence-corrected chi connectivity index (χ0v) is 10.5. The first-order valence-corrected chi connectivity index (χ1v) is 6.33. The Labute approximate surface area is 111 Å². The van der Waals surface area contributed by atoms with Gasteiger partial charge in [-0.15, -0.1) is 5.10 Å². The zero-order valence-electron chi connectivity index (χ0n) is 10.5. The van der Waals surface area contributed by atoms with Gasteiger partial charge in [-0.3, -0.25) is 0 Å². The predicted molar refractivity (Wildman–Crippen MR) is 73.4 cm³/mol. The lowest BCUT2D eigenvalue weighted by atomic mass is 10.0. The summed E-state index contributed by atoms with van der Waals surface area (Å²) in [6, 6.07) is 8.50. The second-order valence-electron chi connectivity index (χ2n) is 4.67. The summed E-state index contributed by atoms with van der Waals surface area (Å²) in [5.41, 5.74) is 10.2. The van der Waals surface area contributed by atoms with Crippen LogP contribution in [0.15, 0.2) is 30.3 Å². The molecular weight excluding hydrogens is 240 g/mol. The van der Waals surface area contributed by atoms with E-state index in [1.165, 1.54) is 16.7 Å². The number of fused-ring (bicyclic) bond motifs is 1. The highest BCUT2D eigenvalue weighted by Gasteiger charge is 2.15. The minimum absolute atomic E-state index is 0.0240. The van der Waals surface area contributed by atoms with Crippen LogP contribution in [0.2, 0.25) is 0 Å².